The number of nitrogens with one attached hydrogen (secondary N) is 1. The Bertz CT molecular complexity index is 924. The molecule has 6 nitrogen and oxygen atoms in total. The average Bonchev–Trinajstić information content (AvgIpc) is 2.97. The maximum absolute atomic E-state index is 12.5. The summed E-state index contributed by atoms with van der Waals surface area (Å²) in [7, 11) is -0.480. The number of hydrogen-bond donors (Lipinski definition) is 2. The molecule has 2 aromatic rings. The van der Waals surface area contributed by atoms with E-state index in [1.54, 1.807) is 25.3 Å². The fourth-order valence-corrected chi connectivity index (χ4v) is 4.60. The van der Waals surface area contributed by atoms with Crippen LogP contribution in [0.2, 0.25) is 0 Å². The highest BCUT2D eigenvalue weighted by Crippen LogP contribution is 2.42. The van der Waals surface area contributed by atoms with E-state index in [4.69, 9.17) is 9.47 Å². The highest BCUT2D eigenvalue weighted by Gasteiger charge is 2.38. The highest BCUT2D eigenvalue weighted by atomic mass is 32.2. The van der Waals surface area contributed by atoms with Gasteiger partial charge < -0.3 is 14.6 Å². The molecule has 3 rings (SSSR count). The second-order valence-electron chi connectivity index (χ2n) is 6.96. The molecular formula is C20H25NO5S. The molecule has 1 unspecified atom stereocenters. The normalized spacial score (nSPS) is 19.0. The summed E-state index contributed by atoms with van der Waals surface area (Å²) in [5, 5.41) is 11.1. The zero-order chi connectivity index (χ0) is 19.7. The summed E-state index contributed by atoms with van der Waals surface area (Å²) in [6, 6.07) is 10.9. The van der Waals surface area contributed by atoms with Crippen LogP contribution >= 0.6 is 0 Å². The van der Waals surface area contributed by atoms with Crippen LogP contribution in [0.25, 0.3) is 0 Å². The monoisotopic (exact) mass is 391 g/mol. The van der Waals surface area contributed by atoms with E-state index >= 15 is 0 Å². The Balaban J connectivity index is 1.76. The van der Waals surface area contributed by atoms with E-state index < -0.39 is 15.6 Å². The fourth-order valence-electron chi connectivity index (χ4n) is 3.40. The van der Waals surface area contributed by atoms with Crippen molar-refractivity contribution in [1.29, 1.82) is 0 Å². The molecule has 1 aliphatic carbocycles. The van der Waals surface area contributed by atoms with Crippen LogP contribution in [0, 0.1) is 6.92 Å². The minimum Gasteiger partial charge on any atom is -0.493 e. The van der Waals surface area contributed by atoms with Gasteiger partial charge in [-0.15, -0.1) is 0 Å². The van der Waals surface area contributed by atoms with Crippen molar-refractivity contribution in [3.8, 4) is 11.5 Å². The van der Waals surface area contributed by atoms with Crippen molar-refractivity contribution in [2.45, 2.75) is 31.1 Å². The first-order valence-electron chi connectivity index (χ1n) is 8.77. The number of fused-ring (bicyclic) bond motifs is 1. The molecule has 0 aliphatic heterocycles. The largest absolute Gasteiger partial charge is 0.493 e. The van der Waals surface area contributed by atoms with Gasteiger partial charge in [-0.25, -0.2) is 13.1 Å². The lowest BCUT2D eigenvalue weighted by Crippen LogP contribution is -2.39. The number of sulfonamides is 1. The molecule has 0 fully saturated rings. The van der Waals surface area contributed by atoms with E-state index in [1.165, 1.54) is 7.11 Å². The van der Waals surface area contributed by atoms with Crippen molar-refractivity contribution in [2.75, 3.05) is 20.8 Å². The highest BCUT2D eigenvalue weighted by molar-refractivity contribution is 7.88. The van der Waals surface area contributed by atoms with Crippen LogP contribution in [0.5, 0.6) is 11.5 Å². The molecule has 1 atom stereocenters. The van der Waals surface area contributed by atoms with Gasteiger partial charge in [0.25, 0.3) is 0 Å². The SMILES string of the molecule is COc1cc2c(cc1OC)C(O)(CNS(=O)(=O)Cc1ccc(C)cc1)CC2. The first-order valence-corrected chi connectivity index (χ1v) is 10.4. The number of ether oxygens (including phenoxy) is 2. The number of methoxy groups -OCH3 is 2. The van der Waals surface area contributed by atoms with Gasteiger partial charge in [-0.2, -0.15) is 0 Å². The Hall–Kier alpha value is -2.09. The van der Waals surface area contributed by atoms with Crippen LogP contribution in [-0.4, -0.2) is 34.3 Å². The third-order valence-corrected chi connectivity index (χ3v) is 6.28. The summed E-state index contributed by atoms with van der Waals surface area (Å²) in [5.74, 6) is 0.988. The van der Waals surface area contributed by atoms with Gasteiger partial charge >= 0.3 is 0 Å². The minimum atomic E-state index is -3.57. The summed E-state index contributed by atoms with van der Waals surface area (Å²) < 4.78 is 38.1. The third-order valence-electron chi connectivity index (χ3n) is 4.98. The summed E-state index contributed by atoms with van der Waals surface area (Å²) in [6.45, 7) is 1.87. The van der Waals surface area contributed by atoms with Crippen molar-refractivity contribution in [3.63, 3.8) is 0 Å². The molecule has 1 aliphatic rings. The van der Waals surface area contributed by atoms with Gasteiger partial charge in [-0.05, 0) is 48.6 Å². The molecule has 0 saturated carbocycles. The second kappa shape index (κ2) is 7.50. The van der Waals surface area contributed by atoms with Crippen LogP contribution in [-0.2, 0) is 27.8 Å². The molecule has 0 amide bonds. The van der Waals surface area contributed by atoms with E-state index in [0.717, 1.165) is 11.1 Å². The van der Waals surface area contributed by atoms with Crippen molar-refractivity contribution >= 4 is 10.0 Å². The predicted octanol–water partition coefficient (Wildman–Crippen LogP) is 2.27. The Labute approximate surface area is 160 Å². The summed E-state index contributed by atoms with van der Waals surface area (Å²) in [4.78, 5) is 0. The Morgan fingerprint density at radius 2 is 1.74 bits per heavy atom. The zero-order valence-electron chi connectivity index (χ0n) is 15.8. The molecule has 7 heteroatoms. The molecule has 146 valence electrons. The number of rotatable bonds is 7. The summed E-state index contributed by atoms with van der Waals surface area (Å²) >= 11 is 0. The number of hydrogen-bond acceptors (Lipinski definition) is 5. The van der Waals surface area contributed by atoms with E-state index in [9.17, 15) is 13.5 Å². The Morgan fingerprint density at radius 3 is 2.37 bits per heavy atom. The summed E-state index contributed by atoms with van der Waals surface area (Å²) in [6.07, 6.45) is 1.08. The van der Waals surface area contributed by atoms with Crippen LogP contribution in [0.4, 0.5) is 0 Å². The molecule has 0 heterocycles. The van der Waals surface area contributed by atoms with Crippen LogP contribution in [0.3, 0.4) is 0 Å². The summed E-state index contributed by atoms with van der Waals surface area (Å²) in [5.41, 5.74) is 2.13. The van der Waals surface area contributed by atoms with Crippen LogP contribution < -0.4 is 14.2 Å². The van der Waals surface area contributed by atoms with E-state index in [1.807, 2.05) is 25.1 Å². The lowest BCUT2D eigenvalue weighted by molar-refractivity contribution is 0.0440. The van der Waals surface area contributed by atoms with Crippen LogP contribution in [0.1, 0.15) is 28.7 Å². The van der Waals surface area contributed by atoms with Crippen molar-refractivity contribution in [2.24, 2.45) is 0 Å². The molecular weight excluding hydrogens is 366 g/mol. The Morgan fingerprint density at radius 1 is 1.11 bits per heavy atom. The molecule has 27 heavy (non-hydrogen) atoms. The zero-order valence-corrected chi connectivity index (χ0v) is 16.6. The van der Waals surface area contributed by atoms with Gasteiger partial charge in [-0.1, -0.05) is 29.8 Å². The van der Waals surface area contributed by atoms with E-state index in [0.29, 0.717) is 35.5 Å². The van der Waals surface area contributed by atoms with E-state index in [-0.39, 0.29) is 12.3 Å². The molecule has 0 spiro atoms. The fraction of sp³-hybridized carbons (Fsp3) is 0.400. The smallest absolute Gasteiger partial charge is 0.215 e. The maximum atomic E-state index is 12.5. The lowest BCUT2D eigenvalue weighted by Gasteiger charge is -2.25. The van der Waals surface area contributed by atoms with Crippen molar-refractivity contribution in [1.82, 2.24) is 4.72 Å². The number of aliphatic hydroxyl groups is 1. The molecule has 0 saturated heterocycles. The lowest BCUT2D eigenvalue weighted by atomic mass is 9.96. The minimum absolute atomic E-state index is 0.0797. The van der Waals surface area contributed by atoms with Gasteiger partial charge in [0, 0.05) is 6.54 Å². The van der Waals surface area contributed by atoms with E-state index in [2.05, 4.69) is 4.72 Å². The van der Waals surface area contributed by atoms with Gasteiger partial charge in [0.2, 0.25) is 10.0 Å². The molecule has 0 bridgehead atoms. The third kappa shape index (κ3) is 4.26. The standard InChI is InChI=1S/C20H25NO5S/c1-14-4-6-15(7-5-14)12-27(23,24)21-13-20(22)9-8-16-10-18(25-2)19(26-3)11-17(16)20/h4-7,10-11,21-22H,8-9,12-13H2,1-3H3. The predicted molar refractivity (Wildman–Crippen MR) is 104 cm³/mol. The quantitative estimate of drug-likeness (QED) is 0.756. The molecule has 0 radical (unpaired) electrons. The van der Waals surface area contributed by atoms with Gasteiger partial charge in [0.1, 0.15) is 5.60 Å². The van der Waals surface area contributed by atoms with Crippen molar-refractivity contribution < 1.29 is 23.0 Å². The second-order valence-corrected chi connectivity index (χ2v) is 8.77. The van der Waals surface area contributed by atoms with Gasteiger partial charge in [0.05, 0.1) is 20.0 Å². The van der Waals surface area contributed by atoms with Gasteiger partial charge in [0.15, 0.2) is 11.5 Å². The maximum Gasteiger partial charge on any atom is 0.215 e. The first-order chi connectivity index (χ1) is 12.8. The van der Waals surface area contributed by atoms with Crippen molar-refractivity contribution in [3.05, 3.63) is 58.7 Å². The topological polar surface area (TPSA) is 84.9 Å². The number of aryl methyl sites for hydroxylation is 2. The molecule has 2 aromatic carbocycles. The average molecular weight is 391 g/mol. The van der Waals surface area contributed by atoms with Crippen LogP contribution in [0.15, 0.2) is 36.4 Å². The molecule has 2 N–H and O–H groups in total. The Kier molecular flexibility index (Phi) is 5.46. The van der Waals surface area contributed by atoms with Gasteiger partial charge in [-0.3, -0.25) is 0 Å². The first kappa shape index (κ1) is 19.7. The molecule has 0 aromatic heterocycles. The number of benzene rings is 2.